The molecule has 1 aliphatic rings. The van der Waals surface area contributed by atoms with Crippen molar-refractivity contribution < 1.29 is 4.42 Å². The maximum Gasteiger partial charge on any atom is 0.169 e. The Labute approximate surface area is 80.5 Å². The molecule has 0 radical (unpaired) electrons. The van der Waals surface area contributed by atoms with E-state index in [2.05, 4.69) is 28.2 Å². The Morgan fingerprint density at radius 3 is 2.83 bits per heavy atom. The molecule has 0 aliphatic carbocycles. The van der Waals surface area contributed by atoms with Crippen LogP contribution in [0.3, 0.4) is 0 Å². The zero-order valence-corrected chi connectivity index (χ0v) is 8.65. The van der Waals surface area contributed by atoms with Gasteiger partial charge in [-0.25, -0.2) is 0 Å². The van der Waals surface area contributed by atoms with Crippen LogP contribution in [0.4, 0.5) is 0 Å². The zero-order valence-electron chi connectivity index (χ0n) is 7.06. The minimum absolute atomic E-state index is 0.779. The first-order valence-electron chi connectivity index (χ1n) is 4.21. The first kappa shape index (κ1) is 8.32. The molecule has 2 heterocycles. The number of nitrogens with one attached hydrogen (secondary N) is 1. The van der Waals surface area contributed by atoms with E-state index < -0.39 is 0 Å². The minimum Gasteiger partial charge on any atom is -0.454 e. The molecule has 66 valence electrons. The molecule has 0 unspecified atom stereocenters. The van der Waals surface area contributed by atoms with Crippen LogP contribution in [0.2, 0.25) is 0 Å². The molecule has 2 nitrogen and oxygen atoms in total. The fourth-order valence-electron chi connectivity index (χ4n) is 1.44. The summed E-state index contributed by atoms with van der Waals surface area (Å²) in [5, 5.41) is 3.25. The minimum atomic E-state index is 0.779. The fraction of sp³-hybridized carbons (Fsp3) is 0.556. The smallest absolute Gasteiger partial charge is 0.169 e. The summed E-state index contributed by atoms with van der Waals surface area (Å²) in [5.74, 6) is 1.91. The zero-order chi connectivity index (χ0) is 8.55. The Hall–Kier alpha value is -0.280. The van der Waals surface area contributed by atoms with Crippen molar-refractivity contribution in [1.29, 1.82) is 0 Å². The van der Waals surface area contributed by atoms with Gasteiger partial charge in [-0.05, 0) is 53.5 Å². The second kappa shape index (κ2) is 3.23. The van der Waals surface area contributed by atoms with E-state index in [1.54, 1.807) is 0 Å². The monoisotopic (exact) mass is 229 g/mol. The maximum absolute atomic E-state index is 5.51. The quantitative estimate of drug-likeness (QED) is 0.841. The molecule has 0 saturated carbocycles. The van der Waals surface area contributed by atoms with E-state index in [9.17, 15) is 0 Å². The Morgan fingerprint density at radius 2 is 2.42 bits per heavy atom. The van der Waals surface area contributed by atoms with Crippen LogP contribution in [0.1, 0.15) is 11.3 Å². The van der Waals surface area contributed by atoms with E-state index in [0.29, 0.717) is 0 Å². The fourth-order valence-corrected chi connectivity index (χ4v) is 1.97. The Balaban J connectivity index is 2.05. The van der Waals surface area contributed by atoms with E-state index in [-0.39, 0.29) is 0 Å². The predicted molar refractivity (Wildman–Crippen MR) is 51.2 cm³/mol. The third-order valence-corrected chi connectivity index (χ3v) is 2.72. The topological polar surface area (TPSA) is 25.2 Å². The first-order chi connectivity index (χ1) is 5.75. The average Bonchev–Trinajstić information content (AvgIpc) is 2.21. The maximum atomic E-state index is 5.51. The summed E-state index contributed by atoms with van der Waals surface area (Å²) in [5.41, 5.74) is 1.26. The molecule has 12 heavy (non-hydrogen) atoms. The van der Waals surface area contributed by atoms with Crippen molar-refractivity contribution in [2.75, 3.05) is 13.1 Å². The van der Waals surface area contributed by atoms with E-state index in [4.69, 9.17) is 4.42 Å². The molecule has 1 aromatic rings. The molecule has 0 amide bonds. The van der Waals surface area contributed by atoms with Crippen LogP contribution >= 0.6 is 15.9 Å². The molecule has 0 spiro atoms. The molecular formula is C9H12BrNO. The van der Waals surface area contributed by atoms with Gasteiger partial charge in [-0.1, -0.05) is 0 Å². The van der Waals surface area contributed by atoms with Gasteiger partial charge in [-0.2, -0.15) is 0 Å². The highest BCUT2D eigenvalue weighted by Crippen LogP contribution is 2.23. The summed E-state index contributed by atoms with van der Waals surface area (Å²) in [6.07, 6.45) is 1.07. The average molecular weight is 230 g/mol. The van der Waals surface area contributed by atoms with Gasteiger partial charge in [0.1, 0.15) is 5.76 Å². The molecular weight excluding hydrogens is 218 g/mol. The molecule has 1 aromatic heterocycles. The lowest BCUT2D eigenvalue weighted by Crippen LogP contribution is -2.43. The van der Waals surface area contributed by atoms with Crippen LogP contribution in [0, 0.1) is 12.8 Å². The molecule has 3 heteroatoms. The molecule has 0 atom stereocenters. The lowest BCUT2D eigenvalue weighted by Gasteiger charge is -2.26. The van der Waals surface area contributed by atoms with Gasteiger partial charge >= 0.3 is 0 Å². The normalized spacial score (nSPS) is 17.8. The van der Waals surface area contributed by atoms with Gasteiger partial charge in [0.05, 0.1) is 0 Å². The van der Waals surface area contributed by atoms with Crippen LogP contribution < -0.4 is 5.32 Å². The number of aryl methyl sites for hydroxylation is 1. The number of hydrogen-bond acceptors (Lipinski definition) is 2. The van der Waals surface area contributed by atoms with Crippen LogP contribution in [-0.2, 0) is 6.42 Å². The van der Waals surface area contributed by atoms with Crippen molar-refractivity contribution in [3.8, 4) is 0 Å². The summed E-state index contributed by atoms with van der Waals surface area (Å²) in [6, 6.07) is 2.03. The van der Waals surface area contributed by atoms with Crippen molar-refractivity contribution in [3.05, 3.63) is 22.1 Å². The molecule has 1 fully saturated rings. The summed E-state index contributed by atoms with van der Waals surface area (Å²) in [6.45, 7) is 4.37. The summed E-state index contributed by atoms with van der Waals surface area (Å²) in [7, 11) is 0. The SMILES string of the molecule is Cc1cc(Br)oc1CC1CNC1. The predicted octanol–water partition coefficient (Wildman–Crippen LogP) is 2.11. The second-order valence-corrected chi connectivity index (χ2v) is 4.17. The molecule has 1 aliphatic heterocycles. The first-order valence-corrected chi connectivity index (χ1v) is 5.00. The van der Waals surface area contributed by atoms with E-state index in [0.717, 1.165) is 35.9 Å². The van der Waals surface area contributed by atoms with Crippen LogP contribution in [-0.4, -0.2) is 13.1 Å². The number of rotatable bonds is 2. The largest absolute Gasteiger partial charge is 0.454 e. The molecule has 1 N–H and O–H groups in total. The van der Waals surface area contributed by atoms with E-state index in [1.807, 2.05) is 6.07 Å². The lowest BCUT2D eigenvalue weighted by atomic mass is 9.97. The van der Waals surface area contributed by atoms with Crippen molar-refractivity contribution in [1.82, 2.24) is 5.32 Å². The van der Waals surface area contributed by atoms with Gasteiger partial charge in [0, 0.05) is 6.42 Å². The van der Waals surface area contributed by atoms with Crippen LogP contribution in [0.25, 0.3) is 0 Å². The molecule has 1 saturated heterocycles. The van der Waals surface area contributed by atoms with Crippen LogP contribution in [0.5, 0.6) is 0 Å². The van der Waals surface area contributed by atoms with Crippen molar-refractivity contribution in [3.63, 3.8) is 0 Å². The van der Waals surface area contributed by atoms with Crippen LogP contribution in [0.15, 0.2) is 15.2 Å². The third kappa shape index (κ3) is 1.57. The van der Waals surface area contributed by atoms with Gasteiger partial charge in [0.2, 0.25) is 0 Å². The Bertz CT molecular complexity index is 278. The lowest BCUT2D eigenvalue weighted by molar-refractivity contribution is 0.320. The van der Waals surface area contributed by atoms with Crippen molar-refractivity contribution >= 4 is 15.9 Å². The standard InChI is InChI=1S/C9H12BrNO/c1-6-2-9(10)12-8(6)3-7-4-11-5-7/h2,7,11H,3-5H2,1H3. The molecule has 0 aromatic carbocycles. The van der Waals surface area contributed by atoms with Gasteiger partial charge in [0.15, 0.2) is 4.67 Å². The highest BCUT2D eigenvalue weighted by Gasteiger charge is 2.19. The van der Waals surface area contributed by atoms with Gasteiger partial charge in [-0.3, -0.25) is 0 Å². The molecule has 0 bridgehead atoms. The van der Waals surface area contributed by atoms with Gasteiger partial charge in [-0.15, -0.1) is 0 Å². The highest BCUT2D eigenvalue weighted by atomic mass is 79.9. The summed E-state index contributed by atoms with van der Waals surface area (Å²) >= 11 is 3.33. The summed E-state index contributed by atoms with van der Waals surface area (Å²) < 4.78 is 6.36. The number of hydrogen-bond donors (Lipinski definition) is 1. The van der Waals surface area contributed by atoms with E-state index >= 15 is 0 Å². The Kier molecular flexibility index (Phi) is 2.24. The van der Waals surface area contributed by atoms with E-state index in [1.165, 1.54) is 5.56 Å². The highest BCUT2D eigenvalue weighted by molar-refractivity contribution is 9.10. The second-order valence-electron chi connectivity index (χ2n) is 3.39. The van der Waals surface area contributed by atoms with Gasteiger partial charge in [0.25, 0.3) is 0 Å². The van der Waals surface area contributed by atoms with Crippen molar-refractivity contribution in [2.24, 2.45) is 5.92 Å². The molecule has 2 rings (SSSR count). The number of furan rings is 1. The Morgan fingerprint density at radius 1 is 1.67 bits per heavy atom. The number of halogens is 1. The van der Waals surface area contributed by atoms with Gasteiger partial charge < -0.3 is 9.73 Å². The van der Waals surface area contributed by atoms with Crippen molar-refractivity contribution in [2.45, 2.75) is 13.3 Å². The third-order valence-electron chi connectivity index (χ3n) is 2.33. The summed E-state index contributed by atoms with van der Waals surface area (Å²) in [4.78, 5) is 0.